The fourth-order valence-corrected chi connectivity index (χ4v) is 3.33. The molecule has 0 aliphatic carbocycles. The van der Waals surface area contributed by atoms with Crippen molar-refractivity contribution in [2.24, 2.45) is 0 Å². The molecule has 1 aromatic heterocycles. The Bertz CT molecular complexity index is 718. The molecule has 1 aliphatic rings. The first kappa shape index (κ1) is 16.9. The van der Waals surface area contributed by atoms with E-state index in [0.717, 1.165) is 24.2 Å². The van der Waals surface area contributed by atoms with Crippen LogP contribution in [-0.2, 0) is 4.79 Å². The number of carbonyl (C=O) groups excluding carboxylic acids is 1. The van der Waals surface area contributed by atoms with Gasteiger partial charge in [-0.15, -0.1) is 0 Å². The third-order valence-electron chi connectivity index (χ3n) is 4.45. The first-order valence-corrected chi connectivity index (χ1v) is 8.59. The van der Waals surface area contributed by atoms with Crippen molar-refractivity contribution in [3.8, 4) is 0 Å². The van der Waals surface area contributed by atoms with Gasteiger partial charge in [0.2, 0.25) is 5.91 Å². The largest absolute Gasteiger partial charge is 0.388 e. The van der Waals surface area contributed by atoms with Crippen molar-refractivity contribution < 1.29 is 9.90 Å². The first-order chi connectivity index (χ1) is 11.5. The number of aliphatic hydroxyl groups is 1. The predicted octanol–water partition coefficient (Wildman–Crippen LogP) is 3.83. The summed E-state index contributed by atoms with van der Waals surface area (Å²) in [4.78, 5) is 19.1. The highest BCUT2D eigenvalue weighted by molar-refractivity contribution is 6.30. The third kappa shape index (κ3) is 3.77. The van der Waals surface area contributed by atoms with Gasteiger partial charge in [0.25, 0.3) is 0 Å². The zero-order valence-corrected chi connectivity index (χ0v) is 14.4. The smallest absolute Gasteiger partial charge is 0.226 e. The fraction of sp³-hybridized carbons (Fsp3) is 0.368. The van der Waals surface area contributed by atoms with Crippen LogP contribution in [0.1, 0.15) is 48.4 Å². The molecule has 0 bridgehead atoms. The molecule has 4 nitrogen and oxygen atoms in total. The summed E-state index contributed by atoms with van der Waals surface area (Å²) in [6.07, 6.45) is 1.13. The number of nitrogens with zero attached hydrogens (tertiary/aromatic N) is 2. The van der Waals surface area contributed by atoms with E-state index in [0.29, 0.717) is 17.1 Å². The molecule has 2 aromatic rings. The number of aromatic nitrogens is 1. The van der Waals surface area contributed by atoms with Crippen molar-refractivity contribution in [1.82, 2.24) is 9.88 Å². The second-order valence-electron chi connectivity index (χ2n) is 6.22. The summed E-state index contributed by atoms with van der Waals surface area (Å²) in [5.74, 6) is -0.0387. The van der Waals surface area contributed by atoms with Crippen molar-refractivity contribution in [2.45, 2.75) is 38.3 Å². The van der Waals surface area contributed by atoms with Crippen LogP contribution in [0, 0.1) is 6.92 Å². The van der Waals surface area contributed by atoms with Gasteiger partial charge in [-0.3, -0.25) is 9.78 Å². The molecule has 1 aliphatic heterocycles. The Labute approximate surface area is 147 Å². The highest BCUT2D eigenvalue weighted by Gasteiger charge is 2.31. The molecule has 2 atom stereocenters. The van der Waals surface area contributed by atoms with E-state index >= 15 is 0 Å². The Morgan fingerprint density at radius 2 is 2.08 bits per heavy atom. The van der Waals surface area contributed by atoms with Crippen molar-refractivity contribution in [1.29, 1.82) is 0 Å². The van der Waals surface area contributed by atoms with Crippen molar-refractivity contribution >= 4 is 17.5 Å². The van der Waals surface area contributed by atoms with Gasteiger partial charge in [-0.25, -0.2) is 0 Å². The minimum atomic E-state index is -0.818. The molecular weight excluding hydrogens is 324 g/mol. The van der Waals surface area contributed by atoms with Crippen LogP contribution in [0.15, 0.2) is 42.5 Å². The number of aliphatic hydroxyl groups excluding tert-OH is 1. The fourth-order valence-electron chi connectivity index (χ4n) is 3.21. The van der Waals surface area contributed by atoms with Gasteiger partial charge in [0, 0.05) is 17.3 Å². The van der Waals surface area contributed by atoms with E-state index in [1.165, 1.54) is 0 Å². The summed E-state index contributed by atoms with van der Waals surface area (Å²) in [6.45, 7) is 2.67. The molecule has 1 N–H and O–H groups in total. The number of aryl methyl sites for hydroxylation is 1. The number of amides is 1. The van der Waals surface area contributed by atoms with E-state index in [9.17, 15) is 9.90 Å². The van der Waals surface area contributed by atoms with E-state index in [-0.39, 0.29) is 18.4 Å². The number of hydrogen-bond donors (Lipinski definition) is 1. The van der Waals surface area contributed by atoms with Crippen LogP contribution >= 0.6 is 11.6 Å². The molecular formula is C19H21ClN2O2. The van der Waals surface area contributed by atoms with Gasteiger partial charge in [0.1, 0.15) is 0 Å². The summed E-state index contributed by atoms with van der Waals surface area (Å²) < 4.78 is 0. The molecule has 0 spiro atoms. The zero-order chi connectivity index (χ0) is 17.1. The maximum absolute atomic E-state index is 12.7. The summed E-state index contributed by atoms with van der Waals surface area (Å²) >= 11 is 5.86. The molecule has 1 amide bonds. The van der Waals surface area contributed by atoms with Gasteiger partial charge in [-0.1, -0.05) is 29.8 Å². The van der Waals surface area contributed by atoms with Gasteiger partial charge in [0.15, 0.2) is 0 Å². The lowest BCUT2D eigenvalue weighted by atomic mass is 10.1. The minimum Gasteiger partial charge on any atom is -0.388 e. The predicted molar refractivity (Wildman–Crippen MR) is 93.7 cm³/mol. The Hall–Kier alpha value is -1.91. The number of likely N-dealkylation sites (tertiary alicyclic amines) is 1. The van der Waals surface area contributed by atoms with E-state index in [2.05, 4.69) is 4.98 Å². The normalized spacial score (nSPS) is 18.6. The lowest BCUT2D eigenvalue weighted by Gasteiger charge is -2.25. The number of benzene rings is 1. The molecule has 126 valence electrons. The third-order valence-corrected chi connectivity index (χ3v) is 4.70. The van der Waals surface area contributed by atoms with Crippen LogP contribution in [0.2, 0.25) is 5.02 Å². The molecule has 3 rings (SSSR count). The summed E-state index contributed by atoms with van der Waals surface area (Å²) in [5.41, 5.74) is 2.59. The van der Waals surface area contributed by atoms with Crippen molar-refractivity contribution in [3.05, 3.63) is 64.4 Å². The van der Waals surface area contributed by atoms with Gasteiger partial charge in [-0.05, 0) is 49.6 Å². The van der Waals surface area contributed by atoms with Crippen molar-refractivity contribution in [2.75, 3.05) is 6.54 Å². The van der Waals surface area contributed by atoms with Crippen LogP contribution in [0.3, 0.4) is 0 Å². The van der Waals surface area contributed by atoms with Crippen LogP contribution in [-0.4, -0.2) is 27.4 Å². The summed E-state index contributed by atoms with van der Waals surface area (Å²) in [6, 6.07) is 12.9. The molecule has 2 heterocycles. The van der Waals surface area contributed by atoms with E-state index in [4.69, 9.17) is 11.6 Å². The lowest BCUT2D eigenvalue weighted by molar-refractivity contribution is -0.134. The highest BCUT2D eigenvalue weighted by atomic mass is 35.5. The molecule has 24 heavy (non-hydrogen) atoms. The molecule has 2 unspecified atom stereocenters. The van der Waals surface area contributed by atoms with E-state index in [1.807, 2.05) is 30.0 Å². The molecule has 1 aromatic carbocycles. The van der Waals surface area contributed by atoms with E-state index in [1.54, 1.807) is 24.3 Å². The highest BCUT2D eigenvalue weighted by Crippen LogP contribution is 2.32. The SMILES string of the molecule is Cc1cccc(C2CCCN2C(=O)CC(O)c2ccc(Cl)cc2)n1. The van der Waals surface area contributed by atoms with Crippen LogP contribution in [0.25, 0.3) is 0 Å². The maximum atomic E-state index is 12.7. The average Bonchev–Trinajstić information content (AvgIpc) is 3.05. The Balaban J connectivity index is 1.70. The molecule has 1 fully saturated rings. The van der Waals surface area contributed by atoms with Gasteiger partial charge in [0.05, 0.1) is 24.3 Å². The van der Waals surface area contributed by atoms with E-state index < -0.39 is 6.10 Å². The minimum absolute atomic E-state index is 0.00909. The number of carbonyl (C=O) groups is 1. The Kier molecular flexibility index (Phi) is 5.17. The van der Waals surface area contributed by atoms with Gasteiger partial charge < -0.3 is 10.0 Å². The molecule has 0 radical (unpaired) electrons. The number of halogens is 1. The average molecular weight is 345 g/mol. The lowest BCUT2D eigenvalue weighted by Crippen LogP contribution is -2.32. The van der Waals surface area contributed by atoms with Gasteiger partial charge in [-0.2, -0.15) is 0 Å². The first-order valence-electron chi connectivity index (χ1n) is 8.21. The number of hydrogen-bond acceptors (Lipinski definition) is 3. The molecule has 5 heteroatoms. The van der Waals surface area contributed by atoms with Crippen molar-refractivity contribution in [3.63, 3.8) is 0 Å². The topological polar surface area (TPSA) is 53.4 Å². The van der Waals surface area contributed by atoms with Gasteiger partial charge >= 0.3 is 0 Å². The quantitative estimate of drug-likeness (QED) is 0.917. The monoisotopic (exact) mass is 344 g/mol. The Morgan fingerprint density at radius 1 is 1.33 bits per heavy atom. The number of rotatable bonds is 4. The van der Waals surface area contributed by atoms with Crippen LogP contribution in [0.4, 0.5) is 0 Å². The maximum Gasteiger partial charge on any atom is 0.226 e. The molecule has 1 saturated heterocycles. The van der Waals surface area contributed by atoms with Crippen LogP contribution < -0.4 is 0 Å². The molecule has 0 saturated carbocycles. The van der Waals surface area contributed by atoms with Crippen LogP contribution in [0.5, 0.6) is 0 Å². The second-order valence-corrected chi connectivity index (χ2v) is 6.66. The number of pyridine rings is 1. The second kappa shape index (κ2) is 7.32. The summed E-state index contributed by atoms with van der Waals surface area (Å²) in [7, 11) is 0. The Morgan fingerprint density at radius 3 is 2.79 bits per heavy atom. The summed E-state index contributed by atoms with van der Waals surface area (Å²) in [5, 5.41) is 11.0. The zero-order valence-electron chi connectivity index (χ0n) is 13.7. The standard InChI is InChI=1S/C19H21ClN2O2/c1-13-4-2-5-16(21-13)17-6-3-11-22(17)19(24)12-18(23)14-7-9-15(20)10-8-14/h2,4-5,7-10,17-18,23H,3,6,11-12H2,1H3.